The molecule has 1 aliphatic rings. The van der Waals surface area contributed by atoms with Crippen molar-refractivity contribution in [3.63, 3.8) is 0 Å². The summed E-state index contributed by atoms with van der Waals surface area (Å²) in [6.45, 7) is 8.20. The van der Waals surface area contributed by atoms with Crippen LogP contribution in [0, 0.1) is 25.7 Å². The van der Waals surface area contributed by atoms with E-state index >= 15 is 0 Å². The van der Waals surface area contributed by atoms with E-state index in [4.69, 9.17) is 0 Å². The molecule has 0 aromatic heterocycles. The molecular formula is C17H27NO2S. The molecule has 0 radical (unpaired) electrons. The Morgan fingerprint density at radius 1 is 1.29 bits per heavy atom. The maximum absolute atomic E-state index is 11.8. The van der Waals surface area contributed by atoms with Crippen LogP contribution in [0.3, 0.4) is 0 Å². The average molecular weight is 309 g/mol. The van der Waals surface area contributed by atoms with Gasteiger partial charge in [0.2, 0.25) is 0 Å². The van der Waals surface area contributed by atoms with Crippen LogP contribution in [0.2, 0.25) is 0 Å². The van der Waals surface area contributed by atoms with Crippen molar-refractivity contribution >= 4 is 9.84 Å². The van der Waals surface area contributed by atoms with Crippen LogP contribution in [0.1, 0.15) is 30.0 Å². The molecule has 0 spiro atoms. The summed E-state index contributed by atoms with van der Waals surface area (Å²) in [5, 5.41) is 3.40. The zero-order valence-corrected chi connectivity index (χ0v) is 14.2. The lowest BCUT2D eigenvalue weighted by molar-refractivity contribution is 0.346. The maximum atomic E-state index is 11.8. The standard InChI is InChI=1S/C17H27NO2S/c1-4-18-11-17(16-7-8-21(19,20)12-16)10-15-6-5-13(2)14(3)9-15/h5-6,9,16-18H,4,7-8,10-12H2,1-3H3. The number of rotatable bonds is 6. The van der Waals surface area contributed by atoms with Crippen molar-refractivity contribution in [2.75, 3.05) is 24.6 Å². The van der Waals surface area contributed by atoms with Gasteiger partial charge in [-0.05, 0) is 68.3 Å². The molecule has 1 aromatic carbocycles. The highest BCUT2D eigenvalue weighted by atomic mass is 32.2. The molecule has 2 unspecified atom stereocenters. The van der Waals surface area contributed by atoms with Gasteiger partial charge in [-0.25, -0.2) is 8.42 Å². The largest absolute Gasteiger partial charge is 0.317 e. The predicted octanol–water partition coefficient (Wildman–Crippen LogP) is 2.51. The van der Waals surface area contributed by atoms with Crippen molar-refractivity contribution in [1.82, 2.24) is 5.32 Å². The lowest BCUT2D eigenvalue weighted by Crippen LogP contribution is -2.30. The van der Waals surface area contributed by atoms with Gasteiger partial charge in [0, 0.05) is 0 Å². The molecule has 0 bridgehead atoms. The quantitative estimate of drug-likeness (QED) is 0.878. The first-order valence-electron chi connectivity index (χ1n) is 7.88. The van der Waals surface area contributed by atoms with Crippen molar-refractivity contribution < 1.29 is 8.42 Å². The normalized spacial score (nSPS) is 22.3. The fraction of sp³-hybridized carbons (Fsp3) is 0.647. The number of nitrogens with one attached hydrogen (secondary N) is 1. The highest BCUT2D eigenvalue weighted by molar-refractivity contribution is 7.91. The van der Waals surface area contributed by atoms with Gasteiger partial charge in [-0.15, -0.1) is 0 Å². The van der Waals surface area contributed by atoms with E-state index < -0.39 is 9.84 Å². The molecule has 4 heteroatoms. The van der Waals surface area contributed by atoms with Crippen LogP contribution >= 0.6 is 0 Å². The first-order valence-corrected chi connectivity index (χ1v) is 9.70. The Morgan fingerprint density at radius 2 is 2.05 bits per heavy atom. The van der Waals surface area contributed by atoms with Crippen molar-refractivity contribution in [3.8, 4) is 0 Å². The van der Waals surface area contributed by atoms with Crippen LogP contribution in [0.25, 0.3) is 0 Å². The summed E-state index contributed by atoms with van der Waals surface area (Å²) >= 11 is 0. The Hall–Kier alpha value is -0.870. The summed E-state index contributed by atoms with van der Waals surface area (Å²) in [7, 11) is -2.80. The van der Waals surface area contributed by atoms with Crippen LogP contribution < -0.4 is 5.32 Å². The topological polar surface area (TPSA) is 46.2 Å². The summed E-state index contributed by atoms with van der Waals surface area (Å²) in [5.74, 6) is 1.45. The van der Waals surface area contributed by atoms with E-state index in [-0.39, 0.29) is 0 Å². The van der Waals surface area contributed by atoms with Crippen molar-refractivity contribution in [2.24, 2.45) is 11.8 Å². The van der Waals surface area contributed by atoms with Crippen molar-refractivity contribution in [2.45, 2.75) is 33.6 Å². The average Bonchev–Trinajstić information content (AvgIpc) is 2.79. The molecule has 1 N–H and O–H groups in total. The van der Waals surface area contributed by atoms with Gasteiger partial charge in [-0.3, -0.25) is 0 Å². The van der Waals surface area contributed by atoms with Crippen LogP contribution in [0.4, 0.5) is 0 Å². The minimum Gasteiger partial charge on any atom is -0.317 e. The van der Waals surface area contributed by atoms with Gasteiger partial charge >= 0.3 is 0 Å². The molecule has 1 fully saturated rings. The Morgan fingerprint density at radius 3 is 2.62 bits per heavy atom. The summed E-state index contributed by atoms with van der Waals surface area (Å²) in [5.41, 5.74) is 3.95. The fourth-order valence-electron chi connectivity index (χ4n) is 3.16. The summed E-state index contributed by atoms with van der Waals surface area (Å²) < 4.78 is 23.5. The van der Waals surface area contributed by atoms with E-state index in [1.165, 1.54) is 16.7 Å². The van der Waals surface area contributed by atoms with E-state index in [2.05, 4.69) is 44.3 Å². The van der Waals surface area contributed by atoms with Gasteiger partial charge in [-0.2, -0.15) is 0 Å². The van der Waals surface area contributed by atoms with Crippen LogP contribution in [-0.2, 0) is 16.3 Å². The number of hydrogen-bond acceptors (Lipinski definition) is 3. The highest BCUT2D eigenvalue weighted by Gasteiger charge is 2.33. The zero-order valence-electron chi connectivity index (χ0n) is 13.4. The van der Waals surface area contributed by atoms with Gasteiger partial charge in [0.25, 0.3) is 0 Å². The Kier molecular flexibility index (Phi) is 5.44. The van der Waals surface area contributed by atoms with E-state index in [1.54, 1.807) is 0 Å². The van der Waals surface area contributed by atoms with Crippen LogP contribution in [-0.4, -0.2) is 33.0 Å². The van der Waals surface area contributed by atoms with Gasteiger partial charge in [0.15, 0.2) is 9.84 Å². The minimum atomic E-state index is -2.80. The first kappa shape index (κ1) is 16.5. The lowest BCUT2D eigenvalue weighted by atomic mass is 9.85. The third kappa shape index (κ3) is 4.55. The SMILES string of the molecule is CCNCC(Cc1ccc(C)c(C)c1)C1CCS(=O)(=O)C1. The van der Waals surface area contributed by atoms with E-state index in [9.17, 15) is 8.42 Å². The Labute approximate surface area is 129 Å². The molecule has 1 saturated heterocycles. The molecule has 21 heavy (non-hydrogen) atoms. The third-order valence-corrected chi connectivity index (χ3v) is 6.45. The van der Waals surface area contributed by atoms with Crippen LogP contribution in [0.15, 0.2) is 18.2 Å². The number of aryl methyl sites for hydroxylation is 2. The van der Waals surface area contributed by atoms with Gasteiger partial charge in [0.05, 0.1) is 11.5 Å². The molecule has 118 valence electrons. The predicted molar refractivity (Wildman–Crippen MR) is 88.4 cm³/mol. The zero-order chi connectivity index (χ0) is 15.5. The summed E-state index contributed by atoms with van der Waals surface area (Å²) in [6, 6.07) is 6.60. The molecule has 2 rings (SSSR count). The molecule has 3 nitrogen and oxygen atoms in total. The van der Waals surface area contributed by atoms with Crippen molar-refractivity contribution in [1.29, 1.82) is 0 Å². The van der Waals surface area contributed by atoms with Crippen LogP contribution in [0.5, 0.6) is 0 Å². The molecule has 0 saturated carbocycles. The van der Waals surface area contributed by atoms with E-state index in [0.717, 1.165) is 25.9 Å². The summed E-state index contributed by atoms with van der Waals surface area (Å²) in [6.07, 6.45) is 1.79. The number of hydrogen-bond donors (Lipinski definition) is 1. The highest BCUT2D eigenvalue weighted by Crippen LogP contribution is 2.28. The maximum Gasteiger partial charge on any atom is 0.150 e. The molecule has 1 aromatic rings. The summed E-state index contributed by atoms with van der Waals surface area (Å²) in [4.78, 5) is 0. The van der Waals surface area contributed by atoms with Gasteiger partial charge in [-0.1, -0.05) is 25.1 Å². The van der Waals surface area contributed by atoms with Gasteiger partial charge in [0.1, 0.15) is 0 Å². The Balaban J connectivity index is 2.10. The fourth-order valence-corrected chi connectivity index (χ4v) is 5.08. The van der Waals surface area contributed by atoms with Crippen molar-refractivity contribution in [3.05, 3.63) is 34.9 Å². The number of benzene rings is 1. The second-order valence-electron chi connectivity index (χ2n) is 6.35. The molecular weight excluding hydrogens is 282 g/mol. The molecule has 2 atom stereocenters. The van der Waals surface area contributed by atoms with Gasteiger partial charge < -0.3 is 5.32 Å². The number of sulfone groups is 1. The smallest absolute Gasteiger partial charge is 0.150 e. The second kappa shape index (κ2) is 6.93. The molecule has 1 heterocycles. The minimum absolute atomic E-state index is 0.302. The lowest BCUT2D eigenvalue weighted by Gasteiger charge is -2.23. The second-order valence-corrected chi connectivity index (χ2v) is 8.58. The Bertz CT molecular complexity index is 580. The van der Waals surface area contributed by atoms with E-state index in [1.807, 2.05) is 0 Å². The molecule has 0 amide bonds. The van der Waals surface area contributed by atoms with E-state index in [0.29, 0.717) is 23.3 Å². The first-order chi connectivity index (χ1) is 9.91. The third-order valence-electron chi connectivity index (χ3n) is 4.66. The molecule has 0 aliphatic carbocycles. The monoisotopic (exact) mass is 309 g/mol. The molecule has 1 aliphatic heterocycles.